The van der Waals surface area contributed by atoms with Crippen LogP contribution in [0.25, 0.3) is 0 Å². The van der Waals surface area contributed by atoms with E-state index in [0.717, 1.165) is 17.3 Å². The van der Waals surface area contributed by atoms with Gasteiger partial charge in [-0.05, 0) is 53.9 Å². The number of unbranched alkanes of at least 4 members (excludes halogenated alkanes) is 3. The number of nitrogens with two attached hydrogens (primary N) is 1. The first-order valence-electron chi connectivity index (χ1n) is 6.80. The van der Waals surface area contributed by atoms with E-state index in [1.54, 1.807) is 18.2 Å². The van der Waals surface area contributed by atoms with Crippen molar-refractivity contribution in [2.24, 2.45) is 0 Å². The molecule has 3 nitrogen and oxygen atoms in total. The Morgan fingerprint density at radius 2 is 2.11 bits per heavy atom. The highest BCUT2D eigenvalue weighted by Crippen LogP contribution is 2.21. The molecule has 0 aromatic heterocycles. The fourth-order valence-corrected chi connectivity index (χ4v) is 2.09. The summed E-state index contributed by atoms with van der Waals surface area (Å²) in [4.78, 5) is 11.9. The molecule has 4 heteroatoms. The third kappa shape index (κ3) is 5.64. The van der Waals surface area contributed by atoms with Gasteiger partial charge in [0.2, 0.25) is 0 Å². The highest BCUT2D eigenvalue weighted by atomic mass is 79.9. The normalized spacial score (nSPS) is 12.2. The van der Waals surface area contributed by atoms with Gasteiger partial charge in [-0.2, -0.15) is 0 Å². The minimum Gasteiger partial charge on any atom is -0.459 e. The standard InChI is InChI=1S/C15H22BrNO2/c1-3-4-5-6-7-11(2)19-15(18)12-8-9-13(16)14(17)10-12/h8-11H,3-7,17H2,1-2H3. The van der Waals surface area contributed by atoms with Crippen molar-refractivity contribution in [3.05, 3.63) is 28.2 Å². The molecule has 0 spiro atoms. The molecule has 0 radical (unpaired) electrons. The lowest BCUT2D eigenvalue weighted by molar-refractivity contribution is 0.0319. The Labute approximate surface area is 123 Å². The molecule has 0 saturated heterocycles. The number of nitrogen functional groups attached to an aromatic ring is 1. The molecule has 106 valence electrons. The van der Waals surface area contributed by atoms with Gasteiger partial charge in [-0.1, -0.05) is 26.2 Å². The van der Waals surface area contributed by atoms with Gasteiger partial charge >= 0.3 is 5.97 Å². The van der Waals surface area contributed by atoms with Gasteiger partial charge in [0.25, 0.3) is 0 Å². The molecule has 19 heavy (non-hydrogen) atoms. The summed E-state index contributed by atoms with van der Waals surface area (Å²) >= 11 is 3.30. The highest BCUT2D eigenvalue weighted by Gasteiger charge is 2.12. The van der Waals surface area contributed by atoms with Crippen LogP contribution >= 0.6 is 15.9 Å². The summed E-state index contributed by atoms with van der Waals surface area (Å²) in [6.07, 6.45) is 5.62. The largest absolute Gasteiger partial charge is 0.459 e. The van der Waals surface area contributed by atoms with Gasteiger partial charge < -0.3 is 10.5 Å². The summed E-state index contributed by atoms with van der Waals surface area (Å²) in [6.45, 7) is 4.12. The zero-order valence-electron chi connectivity index (χ0n) is 11.6. The first-order valence-corrected chi connectivity index (χ1v) is 7.60. The van der Waals surface area contributed by atoms with Crippen LogP contribution in [0.4, 0.5) is 5.69 Å². The molecule has 1 aromatic carbocycles. The number of hydrogen-bond donors (Lipinski definition) is 1. The van der Waals surface area contributed by atoms with E-state index >= 15 is 0 Å². The number of carbonyl (C=O) groups excluding carboxylic acids is 1. The molecule has 0 bridgehead atoms. The minimum atomic E-state index is -0.304. The summed E-state index contributed by atoms with van der Waals surface area (Å²) in [6, 6.07) is 5.11. The average Bonchev–Trinajstić information content (AvgIpc) is 2.38. The maximum atomic E-state index is 11.9. The number of hydrogen-bond acceptors (Lipinski definition) is 3. The fourth-order valence-electron chi connectivity index (χ4n) is 1.84. The van der Waals surface area contributed by atoms with E-state index in [1.807, 2.05) is 6.92 Å². The van der Waals surface area contributed by atoms with E-state index in [9.17, 15) is 4.79 Å². The Kier molecular flexibility index (Phi) is 6.92. The fraction of sp³-hybridized carbons (Fsp3) is 0.533. The molecule has 2 N–H and O–H groups in total. The lowest BCUT2D eigenvalue weighted by Crippen LogP contribution is -2.15. The second kappa shape index (κ2) is 8.20. The molecule has 0 fully saturated rings. The molecule has 1 aromatic rings. The van der Waals surface area contributed by atoms with Crippen LogP contribution in [0.15, 0.2) is 22.7 Å². The van der Waals surface area contributed by atoms with Crippen LogP contribution in [0.5, 0.6) is 0 Å². The highest BCUT2D eigenvalue weighted by molar-refractivity contribution is 9.10. The van der Waals surface area contributed by atoms with Crippen molar-refractivity contribution in [2.75, 3.05) is 5.73 Å². The number of carbonyl (C=O) groups is 1. The number of anilines is 1. The molecule has 0 amide bonds. The van der Waals surface area contributed by atoms with Crippen molar-refractivity contribution < 1.29 is 9.53 Å². The number of esters is 1. The van der Waals surface area contributed by atoms with Crippen LogP contribution in [0, 0.1) is 0 Å². The first-order chi connectivity index (χ1) is 9.04. The van der Waals surface area contributed by atoms with Crippen LogP contribution in [-0.2, 0) is 4.74 Å². The van der Waals surface area contributed by atoms with Gasteiger partial charge in [0, 0.05) is 10.2 Å². The van der Waals surface area contributed by atoms with E-state index in [-0.39, 0.29) is 12.1 Å². The van der Waals surface area contributed by atoms with Crippen LogP contribution in [0.1, 0.15) is 56.3 Å². The average molecular weight is 328 g/mol. The molecular weight excluding hydrogens is 306 g/mol. The monoisotopic (exact) mass is 327 g/mol. The third-order valence-corrected chi connectivity index (χ3v) is 3.73. The summed E-state index contributed by atoms with van der Waals surface area (Å²) in [5, 5.41) is 0. The topological polar surface area (TPSA) is 52.3 Å². The third-order valence-electron chi connectivity index (χ3n) is 3.00. The van der Waals surface area contributed by atoms with Gasteiger partial charge in [-0.25, -0.2) is 4.79 Å². The lowest BCUT2D eigenvalue weighted by Gasteiger charge is -2.13. The Morgan fingerprint density at radius 1 is 1.37 bits per heavy atom. The Bertz CT molecular complexity index is 421. The van der Waals surface area contributed by atoms with Crippen LogP contribution < -0.4 is 5.73 Å². The summed E-state index contributed by atoms with van der Waals surface area (Å²) in [5.74, 6) is -0.304. The maximum Gasteiger partial charge on any atom is 0.338 e. The number of halogens is 1. The maximum absolute atomic E-state index is 11.9. The Balaban J connectivity index is 2.43. The van der Waals surface area contributed by atoms with E-state index < -0.39 is 0 Å². The summed E-state index contributed by atoms with van der Waals surface area (Å²) in [5.41, 5.74) is 6.80. The van der Waals surface area contributed by atoms with Crippen LogP contribution in [0.3, 0.4) is 0 Å². The van der Waals surface area contributed by atoms with Crippen molar-refractivity contribution in [1.29, 1.82) is 0 Å². The van der Waals surface area contributed by atoms with E-state index in [4.69, 9.17) is 10.5 Å². The molecule has 1 unspecified atom stereocenters. The van der Waals surface area contributed by atoms with Crippen molar-refractivity contribution in [3.63, 3.8) is 0 Å². The Hall–Kier alpha value is -1.03. The van der Waals surface area contributed by atoms with Gasteiger partial charge in [0.15, 0.2) is 0 Å². The summed E-state index contributed by atoms with van der Waals surface area (Å²) < 4.78 is 6.19. The molecule has 0 aliphatic rings. The molecule has 0 saturated carbocycles. The SMILES string of the molecule is CCCCCCC(C)OC(=O)c1ccc(Br)c(N)c1. The Morgan fingerprint density at radius 3 is 2.74 bits per heavy atom. The summed E-state index contributed by atoms with van der Waals surface area (Å²) in [7, 11) is 0. The van der Waals surface area contributed by atoms with Crippen LogP contribution in [0.2, 0.25) is 0 Å². The predicted octanol–water partition coefficient (Wildman–Crippen LogP) is 4.55. The van der Waals surface area contributed by atoms with Crippen molar-refractivity contribution in [3.8, 4) is 0 Å². The van der Waals surface area contributed by atoms with E-state index in [0.29, 0.717) is 11.3 Å². The smallest absolute Gasteiger partial charge is 0.338 e. The predicted molar refractivity (Wildman–Crippen MR) is 82.2 cm³/mol. The van der Waals surface area contributed by atoms with Gasteiger partial charge in [-0.15, -0.1) is 0 Å². The van der Waals surface area contributed by atoms with Crippen molar-refractivity contribution >= 4 is 27.6 Å². The molecule has 0 aliphatic heterocycles. The van der Waals surface area contributed by atoms with E-state index in [1.165, 1.54) is 19.3 Å². The number of rotatable bonds is 7. The van der Waals surface area contributed by atoms with Gasteiger partial charge in [0.1, 0.15) is 0 Å². The van der Waals surface area contributed by atoms with Gasteiger partial charge in [-0.3, -0.25) is 0 Å². The number of benzene rings is 1. The molecule has 1 atom stereocenters. The van der Waals surface area contributed by atoms with Crippen molar-refractivity contribution in [2.45, 2.75) is 52.1 Å². The van der Waals surface area contributed by atoms with Crippen LogP contribution in [-0.4, -0.2) is 12.1 Å². The second-order valence-corrected chi connectivity index (χ2v) is 5.66. The minimum absolute atomic E-state index is 0.0470. The van der Waals surface area contributed by atoms with E-state index in [2.05, 4.69) is 22.9 Å². The number of ether oxygens (including phenoxy) is 1. The van der Waals surface area contributed by atoms with Gasteiger partial charge in [0.05, 0.1) is 11.7 Å². The second-order valence-electron chi connectivity index (χ2n) is 4.80. The lowest BCUT2D eigenvalue weighted by atomic mass is 10.1. The zero-order chi connectivity index (χ0) is 14.3. The van der Waals surface area contributed by atoms with Crippen molar-refractivity contribution in [1.82, 2.24) is 0 Å². The molecular formula is C15H22BrNO2. The first kappa shape index (κ1) is 16.0. The molecule has 0 heterocycles. The quantitative estimate of drug-likeness (QED) is 0.454. The molecule has 0 aliphatic carbocycles. The molecule has 1 rings (SSSR count). The zero-order valence-corrected chi connectivity index (χ0v) is 13.2.